The molecule has 1 amide bonds. The van der Waals surface area contributed by atoms with E-state index >= 15 is 0 Å². The molecule has 1 fully saturated rings. The van der Waals surface area contributed by atoms with Gasteiger partial charge in [0.25, 0.3) is 5.76 Å². The second kappa shape index (κ2) is 9.02. The Hall–Kier alpha value is -3.73. The number of alkyl halides is 3. The number of rotatable bonds is 4. The number of hydrogen-bond donors (Lipinski definition) is 0. The Morgan fingerprint density at radius 1 is 1.00 bits per heavy atom. The van der Waals surface area contributed by atoms with Crippen LogP contribution in [0.4, 0.5) is 18.0 Å². The lowest BCUT2D eigenvalue weighted by molar-refractivity contribution is -0.154. The summed E-state index contributed by atoms with van der Waals surface area (Å²) in [6.45, 7) is 1.36. The van der Waals surface area contributed by atoms with Crippen LogP contribution in [0.15, 0.2) is 51.7 Å². The summed E-state index contributed by atoms with van der Waals surface area (Å²) >= 11 is 0. The van der Waals surface area contributed by atoms with Crippen molar-refractivity contribution in [2.24, 2.45) is 0 Å². The summed E-state index contributed by atoms with van der Waals surface area (Å²) in [6, 6.07) is 9.22. The van der Waals surface area contributed by atoms with E-state index in [9.17, 15) is 22.8 Å². The highest BCUT2D eigenvalue weighted by Crippen LogP contribution is 2.38. The number of morpholine rings is 1. The molecule has 11 heteroatoms. The van der Waals surface area contributed by atoms with Gasteiger partial charge in [0.1, 0.15) is 22.8 Å². The SMILES string of the molecule is COc1ccc(Oc2c(C(F)(F)F)oc3cc(OC(=O)N4CCOCC4)ccc3c2=O)cc1. The summed E-state index contributed by atoms with van der Waals surface area (Å²) < 4.78 is 66.7. The maximum absolute atomic E-state index is 13.7. The molecule has 0 bridgehead atoms. The van der Waals surface area contributed by atoms with E-state index < -0.39 is 34.8 Å². The van der Waals surface area contributed by atoms with Crippen molar-refractivity contribution < 1.29 is 41.3 Å². The quantitative estimate of drug-likeness (QED) is 0.563. The van der Waals surface area contributed by atoms with Gasteiger partial charge in [0.2, 0.25) is 11.2 Å². The Bertz CT molecular complexity index is 1220. The van der Waals surface area contributed by atoms with Crippen molar-refractivity contribution >= 4 is 17.1 Å². The molecule has 1 aromatic heterocycles. The minimum absolute atomic E-state index is 0.0102. The third-order valence-electron chi connectivity index (χ3n) is 4.83. The Morgan fingerprint density at radius 3 is 2.27 bits per heavy atom. The number of nitrogens with zero attached hydrogens (tertiary/aromatic N) is 1. The molecule has 174 valence electrons. The number of carbonyl (C=O) groups is 1. The molecule has 2 aromatic carbocycles. The number of hydrogen-bond acceptors (Lipinski definition) is 7. The van der Waals surface area contributed by atoms with Crippen LogP contribution in [0.1, 0.15) is 5.76 Å². The standard InChI is InChI=1S/C22H18F3NO7/c1-29-13-2-4-14(5-3-13)31-19-18(27)16-7-6-15(12-17(16)33-20(19)22(23,24)25)32-21(28)26-8-10-30-11-9-26/h2-7,12H,8-11H2,1H3. The van der Waals surface area contributed by atoms with Crippen LogP contribution >= 0.6 is 0 Å². The third kappa shape index (κ3) is 4.87. The molecule has 2 heterocycles. The summed E-state index contributed by atoms with van der Waals surface area (Å²) in [5.74, 6) is -2.23. The summed E-state index contributed by atoms with van der Waals surface area (Å²) in [7, 11) is 1.43. The van der Waals surface area contributed by atoms with Crippen LogP contribution < -0.4 is 19.6 Å². The van der Waals surface area contributed by atoms with Crippen molar-refractivity contribution in [1.82, 2.24) is 4.90 Å². The molecule has 0 atom stereocenters. The molecule has 0 N–H and O–H groups in total. The van der Waals surface area contributed by atoms with Gasteiger partial charge < -0.3 is 28.3 Å². The normalized spacial score (nSPS) is 14.2. The van der Waals surface area contributed by atoms with E-state index in [1.165, 1.54) is 48.4 Å². The smallest absolute Gasteiger partial charge is 0.453 e. The monoisotopic (exact) mass is 465 g/mol. The maximum Gasteiger partial charge on any atom is 0.453 e. The number of benzene rings is 2. The topological polar surface area (TPSA) is 87.4 Å². The lowest BCUT2D eigenvalue weighted by Crippen LogP contribution is -2.42. The number of halogens is 3. The number of ether oxygens (including phenoxy) is 4. The Labute approximate surface area is 185 Å². The van der Waals surface area contributed by atoms with E-state index in [-0.39, 0.29) is 16.9 Å². The largest absolute Gasteiger partial charge is 0.497 e. The molecule has 0 spiro atoms. The summed E-state index contributed by atoms with van der Waals surface area (Å²) in [6.07, 6.45) is -5.70. The van der Waals surface area contributed by atoms with Crippen molar-refractivity contribution in [3.63, 3.8) is 0 Å². The predicted octanol–water partition coefficient (Wildman–Crippen LogP) is 4.44. The highest BCUT2D eigenvalue weighted by Gasteiger charge is 2.40. The van der Waals surface area contributed by atoms with Crippen molar-refractivity contribution in [3.05, 3.63) is 58.4 Å². The van der Waals surface area contributed by atoms with Gasteiger partial charge in [-0.2, -0.15) is 13.2 Å². The first-order valence-corrected chi connectivity index (χ1v) is 9.81. The maximum atomic E-state index is 13.7. The summed E-state index contributed by atoms with van der Waals surface area (Å²) in [4.78, 5) is 26.5. The van der Waals surface area contributed by atoms with E-state index in [1.54, 1.807) is 0 Å². The van der Waals surface area contributed by atoms with E-state index in [4.69, 9.17) is 23.4 Å². The van der Waals surface area contributed by atoms with Crippen molar-refractivity contribution in [3.8, 4) is 23.0 Å². The fourth-order valence-corrected chi connectivity index (χ4v) is 3.17. The van der Waals surface area contributed by atoms with Crippen LogP contribution in [0.2, 0.25) is 0 Å². The van der Waals surface area contributed by atoms with E-state index in [2.05, 4.69) is 0 Å². The predicted molar refractivity (Wildman–Crippen MR) is 109 cm³/mol. The van der Waals surface area contributed by atoms with Gasteiger partial charge in [0.15, 0.2) is 0 Å². The average molecular weight is 465 g/mol. The van der Waals surface area contributed by atoms with Gasteiger partial charge >= 0.3 is 12.3 Å². The van der Waals surface area contributed by atoms with Crippen molar-refractivity contribution in [1.29, 1.82) is 0 Å². The number of carbonyl (C=O) groups excluding carboxylic acids is 1. The van der Waals surface area contributed by atoms with Gasteiger partial charge in [-0.15, -0.1) is 0 Å². The molecule has 3 aromatic rings. The van der Waals surface area contributed by atoms with E-state index in [1.807, 2.05) is 0 Å². The number of methoxy groups -OCH3 is 1. The molecule has 1 aliphatic rings. The number of fused-ring (bicyclic) bond motifs is 1. The molecule has 0 aliphatic carbocycles. The molecule has 0 saturated carbocycles. The van der Waals surface area contributed by atoms with Gasteiger partial charge in [-0.25, -0.2) is 4.79 Å². The highest BCUT2D eigenvalue weighted by atomic mass is 19.4. The minimum atomic E-state index is -5.02. The summed E-state index contributed by atoms with van der Waals surface area (Å²) in [5.41, 5.74) is -1.42. The third-order valence-corrected chi connectivity index (χ3v) is 4.83. The average Bonchev–Trinajstić information content (AvgIpc) is 2.81. The van der Waals surface area contributed by atoms with Gasteiger partial charge in [0.05, 0.1) is 25.7 Å². The first kappa shape index (κ1) is 22.5. The molecule has 0 unspecified atom stereocenters. The second-order valence-electron chi connectivity index (χ2n) is 6.99. The number of amides is 1. The minimum Gasteiger partial charge on any atom is -0.497 e. The van der Waals surface area contributed by atoms with Crippen LogP contribution in [0.5, 0.6) is 23.0 Å². The second-order valence-corrected chi connectivity index (χ2v) is 6.99. The fourth-order valence-electron chi connectivity index (χ4n) is 3.17. The van der Waals surface area contributed by atoms with Crippen molar-refractivity contribution in [2.75, 3.05) is 33.4 Å². The van der Waals surface area contributed by atoms with Crippen LogP contribution in [0, 0.1) is 0 Å². The zero-order valence-corrected chi connectivity index (χ0v) is 17.3. The zero-order valence-electron chi connectivity index (χ0n) is 17.3. The van der Waals surface area contributed by atoms with Crippen LogP contribution in [0.25, 0.3) is 11.0 Å². The van der Waals surface area contributed by atoms with Crippen LogP contribution in [-0.2, 0) is 10.9 Å². The van der Waals surface area contributed by atoms with E-state index in [0.717, 1.165) is 6.07 Å². The van der Waals surface area contributed by atoms with Crippen LogP contribution in [-0.4, -0.2) is 44.4 Å². The Balaban J connectivity index is 1.70. The molecular weight excluding hydrogens is 447 g/mol. The Morgan fingerprint density at radius 2 is 1.64 bits per heavy atom. The molecule has 1 aliphatic heterocycles. The molecule has 4 rings (SSSR count). The lowest BCUT2D eigenvalue weighted by atomic mass is 10.2. The first-order chi connectivity index (χ1) is 15.8. The molecule has 0 radical (unpaired) electrons. The van der Waals surface area contributed by atoms with Crippen LogP contribution in [0.3, 0.4) is 0 Å². The lowest BCUT2D eigenvalue weighted by Gasteiger charge is -2.25. The van der Waals surface area contributed by atoms with Gasteiger partial charge in [-0.1, -0.05) is 0 Å². The highest BCUT2D eigenvalue weighted by molar-refractivity contribution is 5.81. The zero-order chi connectivity index (χ0) is 23.6. The molecule has 33 heavy (non-hydrogen) atoms. The molecule has 1 saturated heterocycles. The fraction of sp³-hybridized carbons (Fsp3) is 0.273. The first-order valence-electron chi connectivity index (χ1n) is 9.81. The molecule has 8 nitrogen and oxygen atoms in total. The van der Waals surface area contributed by atoms with E-state index in [0.29, 0.717) is 32.1 Å². The van der Waals surface area contributed by atoms with Gasteiger partial charge in [0, 0.05) is 19.2 Å². The molecular formula is C22H18F3NO7. The van der Waals surface area contributed by atoms with Gasteiger partial charge in [-0.05, 0) is 36.4 Å². The van der Waals surface area contributed by atoms with Gasteiger partial charge in [-0.3, -0.25) is 4.79 Å². The van der Waals surface area contributed by atoms with Crippen molar-refractivity contribution in [2.45, 2.75) is 6.18 Å². The summed E-state index contributed by atoms with van der Waals surface area (Å²) in [5, 5.41) is -0.169. The Kier molecular flexibility index (Phi) is 6.14.